The Bertz CT molecular complexity index is 767. The molecule has 102 valence electrons. The van der Waals surface area contributed by atoms with Gasteiger partial charge in [-0.1, -0.05) is 0 Å². The molecular weight excluding hydrogens is 262 g/mol. The predicted octanol–water partition coefficient (Wildman–Crippen LogP) is 2.86. The number of fused-ring (bicyclic) bond motifs is 1. The number of benzene rings is 1. The smallest absolute Gasteiger partial charge is 0.154 e. The van der Waals surface area contributed by atoms with Gasteiger partial charge in [0.05, 0.1) is 11.8 Å². The second-order valence-corrected chi connectivity index (χ2v) is 4.47. The van der Waals surface area contributed by atoms with Crippen LogP contribution >= 0.6 is 0 Å². The zero-order valence-electron chi connectivity index (χ0n) is 10.8. The molecule has 0 saturated heterocycles. The number of anilines is 1. The molecule has 4 nitrogen and oxygen atoms in total. The second kappa shape index (κ2) is 4.88. The van der Waals surface area contributed by atoms with Gasteiger partial charge in [0.25, 0.3) is 0 Å². The summed E-state index contributed by atoms with van der Waals surface area (Å²) in [7, 11) is 1.88. The SMILES string of the molecule is Cn1cnc2c(NCc3cc(F)ccc3F)nccc21. The highest BCUT2D eigenvalue weighted by Gasteiger charge is 2.08. The molecule has 0 unspecified atom stereocenters. The lowest BCUT2D eigenvalue weighted by Gasteiger charge is -2.07. The molecule has 0 aliphatic heterocycles. The molecule has 0 spiro atoms. The molecule has 0 amide bonds. The normalized spacial score (nSPS) is 10.9. The Morgan fingerprint density at radius 1 is 1.20 bits per heavy atom. The fourth-order valence-corrected chi connectivity index (χ4v) is 2.05. The van der Waals surface area contributed by atoms with Crippen molar-refractivity contribution in [1.82, 2.24) is 14.5 Å². The van der Waals surface area contributed by atoms with Gasteiger partial charge in [0, 0.05) is 25.4 Å². The molecule has 3 aromatic rings. The van der Waals surface area contributed by atoms with E-state index >= 15 is 0 Å². The average Bonchev–Trinajstić information content (AvgIpc) is 2.82. The standard InChI is InChI=1S/C14H12F2N4/c1-20-8-19-13-12(20)4-5-17-14(13)18-7-9-6-10(15)2-3-11(9)16/h2-6,8H,7H2,1H3,(H,17,18). The van der Waals surface area contributed by atoms with Gasteiger partial charge in [-0.25, -0.2) is 18.7 Å². The van der Waals surface area contributed by atoms with Gasteiger partial charge in [-0.05, 0) is 24.3 Å². The van der Waals surface area contributed by atoms with Gasteiger partial charge in [-0.3, -0.25) is 0 Å². The quantitative estimate of drug-likeness (QED) is 0.798. The van der Waals surface area contributed by atoms with Gasteiger partial charge in [0.2, 0.25) is 0 Å². The molecule has 0 atom stereocenters. The van der Waals surface area contributed by atoms with Crippen molar-refractivity contribution in [3.8, 4) is 0 Å². The number of nitrogens with one attached hydrogen (secondary N) is 1. The Balaban J connectivity index is 1.88. The number of imidazole rings is 1. The summed E-state index contributed by atoms with van der Waals surface area (Å²) in [4.78, 5) is 8.42. The van der Waals surface area contributed by atoms with Crippen LogP contribution in [0.2, 0.25) is 0 Å². The van der Waals surface area contributed by atoms with E-state index in [1.165, 1.54) is 6.07 Å². The Labute approximate surface area is 114 Å². The second-order valence-electron chi connectivity index (χ2n) is 4.47. The van der Waals surface area contributed by atoms with Gasteiger partial charge in [0.1, 0.15) is 17.2 Å². The highest BCUT2D eigenvalue weighted by Crippen LogP contribution is 2.19. The number of pyridine rings is 1. The molecule has 1 aromatic carbocycles. The third-order valence-electron chi connectivity index (χ3n) is 3.10. The van der Waals surface area contributed by atoms with Gasteiger partial charge < -0.3 is 9.88 Å². The third-order valence-corrected chi connectivity index (χ3v) is 3.10. The van der Waals surface area contributed by atoms with Crippen molar-refractivity contribution in [2.24, 2.45) is 7.05 Å². The maximum Gasteiger partial charge on any atom is 0.154 e. The zero-order chi connectivity index (χ0) is 14.1. The molecule has 2 heterocycles. The minimum absolute atomic E-state index is 0.145. The maximum atomic E-state index is 13.5. The van der Waals surface area contributed by atoms with E-state index in [4.69, 9.17) is 0 Å². The fraction of sp³-hybridized carbons (Fsp3) is 0.143. The molecule has 20 heavy (non-hydrogen) atoms. The largest absolute Gasteiger partial charge is 0.364 e. The molecule has 0 radical (unpaired) electrons. The zero-order valence-corrected chi connectivity index (χ0v) is 10.8. The van der Waals surface area contributed by atoms with Crippen molar-refractivity contribution in [1.29, 1.82) is 0 Å². The van der Waals surface area contributed by atoms with E-state index in [-0.39, 0.29) is 12.1 Å². The minimum Gasteiger partial charge on any atom is -0.364 e. The molecule has 0 aliphatic rings. The van der Waals surface area contributed by atoms with Crippen LogP contribution in [0, 0.1) is 11.6 Å². The van der Waals surface area contributed by atoms with E-state index in [1.807, 2.05) is 17.7 Å². The molecule has 0 fully saturated rings. The first-order valence-electron chi connectivity index (χ1n) is 6.09. The van der Waals surface area contributed by atoms with Gasteiger partial charge in [0.15, 0.2) is 5.82 Å². The van der Waals surface area contributed by atoms with E-state index in [1.54, 1.807) is 12.5 Å². The van der Waals surface area contributed by atoms with E-state index in [0.29, 0.717) is 11.3 Å². The number of aromatic nitrogens is 3. The first-order chi connectivity index (χ1) is 9.65. The fourth-order valence-electron chi connectivity index (χ4n) is 2.05. The lowest BCUT2D eigenvalue weighted by atomic mass is 10.2. The van der Waals surface area contributed by atoms with Crippen LogP contribution in [0.4, 0.5) is 14.6 Å². The molecule has 6 heteroatoms. The number of nitrogens with zero attached hydrogens (tertiary/aromatic N) is 3. The van der Waals surface area contributed by atoms with Crippen molar-refractivity contribution < 1.29 is 8.78 Å². The predicted molar refractivity (Wildman–Crippen MR) is 72.2 cm³/mol. The summed E-state index contributed by atoms with van der Waals surface area (Å²) in [6, 6.07) is 5.22. The number of hydrogen-bond donors (Lipinski definition) is 1. The summed E-state index contributed by atoms with van der Waals surface area (Å²) >= 11 is 0. The van der Waals surface area contributed by atoms with E-state index in [2.05, 4.69) is 15.3 Å². The third kappa shape index (κ3) is 2.20. The van der Waals surface area contributed by atoms with Crippen molar-refractivity contribution in [2.75, 3.05) is 5.32 Å². The van der Waals surface area contributed by atoms with Gasteiger partial charge >= 0.3 is 0 Å². The number of aryl methyl sites for hydroxylation is 1. The van der Waals surface area contributed by atoms with Crippen LogP contribution in [-0.2, 0) is 13.6 Å². The minimum atomic E-state index is -0.466. The summed E-state index contributed by atoms with van der Waals surface area (Å²) in [5.74, 6) is -0.369. The van der Waals surface area contributed by atoms with Crippen molar-refractivity contribution in [3.63, 3.8) is 0 Å². The topological polar surface area (TPSA) is 42.7 Å². The van der Waals surface area contributed by atoms with Crippen molar-refractivity contribution in [3.05, 3.63) is 54.0 Å². The van der Waals surface area contributed by atoms with Gasteiger partial charge in [-0.15, -0.1) is 0 Å². The van der Waals surface area contributed by atoms with Gasteiger partial charge in [-0.2, -0.15) is 0 Å². The van der Waals surface area contributed by atoms with Crippen LogP contribution in [-0.4, -0.2) is 14.5 Å². The van der Waals surface area contributed by atoms with Crippen molar-refractivity contribution >= 4 is 16.9 Å². The highest BCUT2D eigenvalue weighted by atomic mass is 19.1. The summed E-state index contributed by atoms with van der Waals surface area (Å²) in [6.07, 6.45) is 3.33. The molecule has 0 aliphatic carbocycles. The number of rotatable bonds is 3. The maximum absolute atomic E-state index is 13.5. The molecule has 0 bridgehead atoms. The molecule has 0 saturated carbocycles. The first-order valence-corrected chi connectivity index (χ1v) is 6.09. The molecule has 3 rings (SSSR count). The number of halogens is 2. The lowest BCUT2D eigenvalue weighted by Crippen LogP contribution is -2.04. The average molecular weight is 274 g/mol. The van der Waals surface area contributed by atoms with E-state index in [0.717, 1.165) is 17.6 Å². The van der Waals surface area contributed by atoms with Crippen LogP contribution in [0.25, 0.3) is 11.0 Å². The Kier molecular flexibility index (Phi) is 3.06. The summed E-state index contributed by atoms with van der Waals surface area (Å²) in [5, 5.41) is 2.99. The van der Waals surface area contributed by atoms with Crippen LogP contribution in [0.3, 0.4) is 0 Å². The molecular formula is C14H12F2N4. The van der Waals surface area contributed by atoms with Crippen LogP contribution in [0.1, 0.15) is 5.56 Å². The highest BCUT2D eigenvalue weighted by molar-refractivity contribution is 5.85. The summed E-state index contributed by atoms with van der Waals surface area (Å²) in [6.45, 7) is 0.145. The van der Waals surface area contributed by atoms with Crippen LogP contribution in [0.5, 0.6) is 0 Å². The Hall–Kier alpha value is -2.50. The first kappa shape index (κ1) is 12.5. The molecule has 1 N–H and O–H groups in total. The Morgan fingerprint density at radius 2 is 2.05 bits per heavy atom. The lowest BCUT2D eigenvalue weighted by molar-refractivity contribution is 0.587. The monoisotopic (exact) mass is 274 g/mol. The van der Waals surface area contributed by atoms with Crippen molar-refractivity contribution in [2.45, 2.75) is 6.54 Å². The van der Waals surface area contributed by atoms with Crippen LogP contribution < -0.4 is 5.32 Å². The molecule has 2 aromatic heterocycles. The number of hydrogen-bond acceptors (Lipinski definition) is 3. The van der Waals surface area contributed by atoms with E-state index < -0.39 is 11.6 Å². The van der Waals surface area contributed by atoms with Crippen LogP contribution in [0.15, 0.2) is 36.8 Å². The van der Waals surface area contributed by atoms with E-state index in [9.17, 15) is 8.78 Å². The Morgan fingerprint density at radius 3 is 2.90 bits per heavy atom. The summed E-state index contributed by atoms with van der Waals surface area (Å²) < 4.78 is 28.5. The summed E-state index contributed by atoms with van der Waals surface area (Å²) in [5.41, 5.74) is 1.87.